The summed E-state index contributed by atoms with van der Waals surface area (Å²) in [5, 5.41) is 10.1. The molecule has 0 aromatic heterocycles. The fourth-order valence-electron chi connectivity index (χ4n) is 1.91. The lowest BCUT2D eigenvalue weighted by Crippen LogP contribution is -2.42. The summed E-state index contributed by atoms with van der Waals surface area (Å²) in [6.07, 6.45) is 0.476. The van der Waals surface area contributed by atoms with Crippen LogP contribution in [0.2, 0.25) is 0 Å². The summed E-state index contributed by atoms with van der Waals surface area (Å²) in [7, 11) is -2.08. The van der Waals surface area contributed by atoms with Crippen molar-refractivity contribution in [1.82, 2.24) is 9.62 Å². The largest absolute Gasteiger partial charge is 0.359 e. The first-order chi connectivity index (χ1) is 7.78. The van der Waals surface area contributed by atoms with Crippen LogP contribution >= 0.6 is 0 Å². The first-order valence-corrected chi connectivity index (χ1v) is 6.89. The number of hydrogen-bond donors (Lipinski definition) is 1. The third-order valence-electron chi connectivity index (χ3n) is 3.20. The number of carbonyl (C=O) groups excluding carboxylic acids is 1. The Kier molecular flexibility index (Phi) is 3.79. The summed E-state index contributed by atoms with van der Waals surface area (Å²) < 4.78 is 25.1. The molecule has 0 aliphatic carbocycles. The van der Waals surface area contributed by atoms with Gasteiger partial charge >= 0.3 is 0 Å². The molecule has 1 amide bonds. The molecule has 0 aromatic rings. The molecule has 7 heteroatoms. The topological polar surface area (TPSA) is 90.3 Å². The second kappa shape index (κ2) is 4.63. The summed E-state index contributed by atoms with van der Waals surface area (Å²) in [6, 6.07) is 1.72. The highest BCUT2D eigenvalue weighted by Crippen LogP contribution is 2.32. The number of nitrogens with one attached hydrogen (secondary N) is 1. The van der Waals surface area contributed by atoms with Crippen LogP contribution < -0.4 is 5.32 Å². The third-order valence-corrected chi connectivity index (χ3v) is 5.23. The Morgan fingerprint density at radius 3 is 2.65 bits per heavy atom. The molecule has 96 valence electrons. The summed E-state index contributed by atoms with van der Waals surface area (Å²) >= 11 is 0. The van der Waals surface area contributed by atoms with Crippen LogP contribution in [0.25, 0.3) is 0 Å². The third kappa shape index (κ3) is 2.42. The first kappa shape index (κ1) is 13.9. The molecule has 1 fully saturated rings. The molecule has 1 rings (SSSR count). The normalized spacial score (nSPS) is 27.4. The monoisotopic (exact) mass is 259 g/mol. The van der Waals surface area contributed by atoms with Gasteiger partial charge in [-0.1, -0.05) is 0 Å². The van der Waals surface area contributed by atoms with Crippen molar-refractivity contribution in [3.63, 3.8) is 0 Å². The van der Waals surface area contributed by atoms with E-state index in [0.29, 0.717) is 6.42 Å². The average Bonchev–Trinajstić information content (AvgIpc) is 2.71. The minimum absolute atomic E-state index is 0.140. The average molecular weight is 259 g/mol. The predicted molar refractivity (Wildman–Crippen MR) is 62.4 cm³/mol. The van der Waals surface area contributed by atoms with Gasteiger partial charge in [0.05, 0.1) is 11.5 Å². The van der Waals surface area contributed by atoms with Crippen molar-refractivity contribution >= 4 is 15.9 Å². The fourth-order valence-corrected chi connectivity index (χ4v) is 3.30. The first-order valence-electron chi connectivity index (χ1n) is 5.38. The Bertz CT molecular complexity index is 454. The number of hydrogen-bond acceptors (Lipinski definition) is 4. The lowest BCUT2D eigenvalue weighted by molar-refractivity contribution is -0.128. The molecule has 2 unspecified atom stereocenters. The van der Waals surface area contributed by atoms with Gasteiger partial charge in [0, 0.05) is 20.1 Å². The Hall–Kier alpha value is -1.13. The fraction of sp³-hybridized carbons (Fsp3) is 0.800. The molecular weight excluding hydrogens is 242 g/mol. The van der Waals surface area contributed by atoms with E-state index < -0.39 is 20.7 Å². The Labute approximate surface area is 102 Å². The maximum absolute atomic E-state index is 11.9. The van der Waals surface area contributed by atoms with E-state index in [4.69, 9.17) is 5.26 Å². The van der Waals surface area contributed by atoms with E-state index in [9.17, 15) is 13.2 Å². The number of carbonyl (C=O) groups is 1. The molecule has 1 heterocycles. The van der Waals surface area contributed by atoms with Gasteiger partial charge < -0.3 is 5.32 Å². The number of nitriles is 1. The van der Waals surface area contributed by atoms with E-state index in [1.807, 2.05) is 0 Å². The van der Waals surface area contributed by atoms with E-state index in [1.165, 1.54) is 18.3 Å². The van der Waals surface area contributed by atoms with Crippen molar-refractivity contribution in [2.45, 2.75) is 25.5 Å². The highest BCUT2D eigenvalue weighted by atomic mass is 32.2. The second-order valence-electron chi connectivity index (χ2n) is 4.54. The molecule has 1 N–H and O–H groups in total. The standard InChI is InChI=1S/C10H17N3O3S/c1-8(6-11)17(15,16)13-5-4-10(2,7-13)9(14)12-3/h8H,4-5,7H2,1-3H3,(H,12,14). The molecule has 6 nitrogen and oxygen atoms in total. The van der Waals surface area contributed by atoms with Gasteiger partial charge in [0.2, 0.25) is 15.9 Å². The van der Waals surface area contributed by atoms with Crippen LogP contribution in [0, 0.1) is 16.7 Å². The minimum atomic E-state index is -3.61. The summed E-state index contributed by atoms with van der Waals surface area (Å²) in [4.78, 5) is 11.7. The molecular formula is C10H17N3O3S. The molecule has 0 aromatic carbocycles. The van der Waals surface area contributed by atoms with Gasteiger partial charge in [-0.15, -0.1) is 0 Å². The maximum atomic E-state index is 11.9. The van der Waals surface area contributed by atoms with Crippen LogP contribution in [0.1, 0.15) is 20.3 Å². The molecule has 0 spiro atoms. The van der Waals surface area contributed by atoms with Gasteiger partial charge in [0.15, 0.2) is 5.25 Å². The van der Waals surface area contributed by atoms with Gasteiger partial charge in [0.25, 0.3) is 0 Å². The van der Waals surface area contributed by atoms with E-state index in [2.05, 4.69) is 5.32 Å². The lowest BCUT2D eigenvalue weighted by atomic mass is 9.89. The highest BCUT2D eigenvalue weighted by molar-refractivity contribution is 7.90. The van der Waals surface area contributed by atoms with Crippen LogP contribution in [-0.2, 0) is 14.8 Å². The Morgan fingerprint density at radius 1 is 1.59 bits per heavy atom. The number of sulfonamides is 1. The van der Waals surface area contributed by atoms with E-state index in [-0.39, 0.29) is 19.0 Å². The molecule has 2 atom stereocenters. The summed E-state index contributed by atoms with van der Waals surface area (Å²) in [5.74, 6) is -0.167. The molecule has 1 aliphatic rings. The van der Waals surface area contributed by atoms with E-state index in [0.717, 1.165) is 0 Å². The minimum Gasteiger partial charge on any atom is -0.359 e. The molecule has 1 saturated heterocycles. The zero-order valence-corrected chi connectivity index (χ0v) is 11.0. The Morgan fingerprint density at radius 2 is 2.18 bits per heavy atom. The van der Waals surface area contributed by atoms with Crippen molar-refractivity contribution in [1.29, 1.82) is 5.26 Å². The Balaban J connectivity index is 2.89. The molecule has 0 bridgehead atoms. The quantitative estimate of drug-likeness (QED) is 0.752. The van der Waals surface area contributed by atoms with Crippen molar-refractivity contribution in [3.8, 4) is 6.07 Å². The zero-order valence-electron chi connectivity index (χ0n) is 10.2. The van der Waals surface area contributed by atoms with Crippen LogP contribution in [0.4, 0.5) is 0 Å². The maximum Gasteiger partial charge on any atom is 0.230 e. The van der Waals surface area contributed by atoms with Gasteiger partial charge in [-0.3, -0.25) is 4.79 Å². The molecule has 17 heavy (non-hydrogen) atoms. The smallest absolute Gasteiger partial charge is 0.230 e. The van der Waals surface area contributed by atoms with Gasteiger partial charge in [-0.25, -0.2) is 8.42 Å². The number of amides is 1. The van der Waals surface area contributed by atoms with E-state index in [1.54, 1.807) is 13.0 Å². The van der Waals surface area contributed by atoms with Crippen molar-refractivity contribution < 1.29 is 13.2 Å². The van der Waals surface area contributed by atoms with Gasteiger partial charge in [-0.05, 0) is 20.3 Å². The van der Waals surface area contributed by atoms with Crippen LogP contribution in [-0.4, -0.2) is 44.0 Å². The van der Waals surface area contributed by atoms with E-state index >= 15 is 0 Å². The van der Waals surface area contributed by atoms with Crippen molar-refractivity contribution in [2.24, 2.45) is 5.41 Å². The number of nitrogens with zero attached hydrogens (tertiary/aromatic N) is 2. The summed E-state index contributed by atoms with van der Waals surface area (Å²) in [6.45, 7) is 3.52. The van der Waals surface area contributed by atoms with Crippen LogP contribution in [0.5, 0.6) is 0 Å². The molecule has 0 saturated carbocycles. The zero-order chi connectivity index (χ0) is 13.3. The second-order valence-corrected chi connectivity index (χ2v) is 6.79. The number of rotatable bonds is 3. The molecule has 0 radical (unpaired) electrons. The lowest BCUT2D eigenvalue weighted by Gasteiger charge is -2.23. The van der Waals surface area contributed by atoms with Crippen LogP contribution in [0.15, 0.2) is 0 Å². The SMILES string of the molecule is CNC(=O)C1(C)CCN(S(=O)(=O)C(C)C#N)C1. The predicted octanol–water partition coefficient (Wildman–Crippen LogP) is -0.314. The molecule has 1 aliphatic heterocycles. The van der Waals surface area contributed by atoms with Crippen molar-refractivity contribution in [2.75, 3.05) is 20.1 Å². The highest BCUT2D eigenvalue weighted by Gasteiger charge is 2.45. The summed E-state index contributed by atoms with van der Waals surface area (Å²) in [5.41, 5.74) is -0.697. The van der Waals surface area contributed by atoms with Crippen LogP contribution in [0.3, 0.4) is 0 Å². The van der Waals surface area contributed by atoms with Gasteiger partial charge in [0.1, 0.15) is 0 Å². The van der Waals surface area contributed by atoms with Crippen molar-refractivity contribution in [3.05, 3.63) is 0 Å². The van der Waals surface area contributed by atoms with Gasteiger partial charge in [-0.2, -0.15) is 9.57 Å².